The van der Waals surface area contributed by atoms with E-state index in [4.69, 9.17) is 10.8 Å². The van der Waals surface area contributed by atoms with Crippen LogP contribution in [0.2, 0.25) is 0 Å². The Morgan fingerprint density at radius 3 is 2.79 bits per heavy atom. The van der Waals surface area contributed by atoms with Gasteiger partial charge >= 0.3 is 5.97 Å². The van der Waals surface area contributed by atoms with Crippen molar-refractivity contribution < 1.29 is 19.5 Å². The van der Waals surface area contributed by atoms with Gasteiger partial charge in [-0.25, -0.2) is 0 Å². The number of carbonyl (C=O) groups is 3. The fourth-order valence-electron chi connectivity index (χ4n) is 2.27. The summed E-state index contributed by atoms with van der Waals surface area (Å²) in [5.74, 6) is -2.06. The molecule has 1 fully saturated rings. The van der Waals surface area contributed by atoms with E-state index in [1.807, 2.05) is 6.92 Å². The quantitative estimate of drug-likeness (QED) is 0.583. The number of carbonyl (C=O) groups excluding carboxylic acids is 2. The number of hydrogen-bond acceptors (Lipinski definition) is 4. The van der Waals surface area contributed by atoms with Crippen LogP contribution >= 0.6 is 0 Å². The van der Waals surface area contributed by atoms with Crippen molar-refractivity contribution in [3.63, 3.8) is 0 Å². The first-order chi connectivity index (χ1) is 9.01. The van der Waals surface area contributed by atoms with E-state index in [0.717, 1.165) is 6.42 Å². The molecule has 2 atom stereocenters. The average Bonchev–Trinajstić information content (AvgIpc) is 2.37. The second kappa shape index (κ2) is 7.08. The first-order valence-corrected chi connectivity index (χ1v) is 6.51. The number of nitrogens with zero attached hydrogens (tertiary/aromatic N) is 1. The highest BCUT2D eigenvalue weighted by Gasteiger charge is 2.36. The van der Waals surface area contributed by atoms with Crippen LogP contribution in [0.5, 0.6) is 0 Å². The molecule has 1 rings (SSSR count). The third-order valence-corrected chi connectivity index (χ3v) is 3.25. The molecule has 2 unspecified atom stereocenters. The summed E-state index contributed by atoms with van der Waals surface area (Å²) in [7, 11) is 0. The zero-order valence-corrected chi connectivity index (χ0v) is 11.1. The highest BCUT2D eigenvalue weighted by molar-refractivity contribution is 5.92. The number of amides is 2. The molecule has 0 aromatic carbocycles. The Morgan fingerprint density at radius 2 is 2.26 bits per heavy atom. The number of aliphatic carboxylic acids is 1. The molecule has 0 aliphatic carbocycles. The summed E-state index contributed by atoms with van der Waals surface area (Å²) >= 11 is 0. The fourth-order valence-corrected chi connectivity index (χ4v) is 2.27. The van der Waals surface area contributed by atoms with Gasteiger partial charge in [0, 0.05) is 19.6 Å². The van der Waals surface area contributed by atoms with Crippen LogP contribution < -0.4 is 11.1 Å². The summed E-state index contributed by atoms with van der Waals surface area (Å²) in [6.07, 6.45) is 1.09. The van der Waals surface area contributed by atoms with Crippen molar-refractivity contribution in [3.05, 3.63) is 0 Å². The van der Waals surface area contributed by atoms with Crippen molar-refractivity contribution in [2.45, 2.75) is 32.2 Å². The lowest BCUT2D eigenvalue weighted by Gasteiger charge is -2.36. The molecule has 0 aromatic heterocycles. The molecule has 0 saturated carbocycles. The molecule has 19 heavy (non-hydrogen) atoms. The lowest BCUT2D eigenvalue weighted by atomic mass is 9.99. The van der Waals surface area contributed by atoms with E-state index in [2.05, 4.69) is 5.32 Å². The van der Waals surface area contributed by atoms with Gasteiger partial charge in [-0.1, -0.05) is 13.3 Å². The summed E-state index contributed by atoms with van der Waals surface area (Å²) in [5.41, 5.74) is 5.58. The van der Waals surface area contributed by atoms with Gasteiger partial charge in [-0.2, -0.15) is 0 Å². The van der Waals surface area contributed by atoms with Crippen LogP contribution in [0.4, 0.5) is 0 Å². The minimum absolute atomic E-state index is 0.213. The van der Waals surface area contributed by atoms with Crippen LogP contribution in [-0.2, 0) is 14.4 Å². The van der Waals surface area contributed by atoms with E-state index in [1.54, 1.807) is 0 Å². The largest absolute Gasteiger partial charge is 0.481 e. The van der Waals surface area contributed by atoms with Crippen molar-refractivity contribution >= 4 is 17.8 Å². The van der Waals surface area contributed by atoms with Gasteiger partial charge in [-0.05, 0) is 6.42 Å². The molecule has 2 amide bonds. The Bertz CT molecular complexity index is 359. The molecule has 1 aliphatic heterocycles. The molecular weight excluding hydrogens is 250 g/mol. The molecule has 1 heterocycles. The van der Waals surface area contributed by atoms with Crippen LogP contribution in [-0.4, -0.2) is 53.5 Å². The molecule has 4 N–H and O–H groups in total. The SMILES string of the molecule is CCCC(CN)C(=O)N1CCNC(=O)C1CC(=O)O. The highest BCUT2D eigenvalue weighted by Crippen LogP contribution is 2.16. The van der Waals surface area contributed by atoms with Crippen LogP contribution in [0.25, 0.3) is 0 Å². The number of rotatable bonds is 6. The van der Waals surface area contributed by atoms with Crippen molar-refractivity contribution in [2.75, 3.05) is 19.6 Å². The minimum Gasteiger partial charge on any atom is -0.481 e. The van der Waals surface area contributed by atoms with Crippen LogP contribution in [0.15, 0.2) is 0 Å². The lowest BCUT2D eigenvalue weighted by molar-refractivity contribution is -0.150. The molecule has 7 heteroatoms. The molecule has 0 bridgehead atoms. The zero-order valence-electron chi connectivity index (χ0n) is 11.1. The van der Waals surface area contributed by atoms with Crippen LogP contribution in [0.1, 0.15) is 26.2 Å². The molecule has 0 radical (unpaired) electrons. The lowest BCUT2D eigenvalue weighted by Crippen LogP contribution is -2.59. The van der Waals surface area contributed by atoms with Gasteiger partial charge in [0.2, 0.25) is 11.8 Å². The number of hydrogen-bond donors (Lipinski definition) is 3. The summed E-state index contributed by atoms with van der Waals surface area (Å²) < 4.78 is 0. The van der Waals surface area contributed by atoms with E-state index in [1.165, 1.54) is 4.90 Å². The normalized spacial score (nSPS) is 20.8. The fraction of sp³-hybridized carbons (Fsp3) is 0.750. The maximum atomic E-state index is 12.3. The second-order valence-electron chi connectivity index (χ2n) is 4.66. The van der Waals surface area contributed by atoms with Crippen LogP contribution in [0, 0.1) is 5.92 Å². The number of carboxylic acids is 1. The first kappa shape index (κ1) is 15.4. The summed E-state index contributed by atoms with van der Waals surface area (Å²) in [6.45, 7) is 2.85. The smallest absolute Gasteiger partial charge is 0.305 e. The average molecular weight is 271 g/mol. The Balaban J connectivity index is 2.83. The summed E-state index contributed by atoms with van der Waals surface area (Å²) in [4.78, 5) is 36.2. The van der Waals surface area contributed by atoms with E-state index in [0.29, 0.717) is 19.5 Å². The van der Waals surface area contributed by atoms with Crippen molar-refractivity contribution in [1.82, 2.24) is 10.2 Å². The third-order valence-electron chi connectivity index (χ3n) is 3.25. The first-order valence-electron chi connectivity index (χ1n) is 6.51. The Hall–Kier alpha value is -1.63. The Labute approximate surface area is 112 Å². The molecule has 1 saturated heterocycles. The standard InChI is InChI=1S/C12H21N3O4/c1-2-3-8(7-13)12(19)15-5-4-14-11(18)9(15)6-10(16)17/h8-9H,2-7,13H2,1H3,(H,14,18)(H,16,17). The van der Waals surface area contributed by atoms with Crippen LogP contribution in [0.3, 0.4) is 0 Å². The Kier molecular flexibility index (Phi) is 5.75. The van der Waals surface area contributed by atoms with Gasteiger partial charge in [-0.3, -0.25) is 14.4 Å². The summed E-state index contributed by atoms with van der Waals surface area (Å²) in [5, 5.41) is 11.4. The number of nitrogens with one attached hydrogen (secondary N) is 1. The molecular formula is C12H21N3O4. The monoisotopic (exact) mass is 271 g/mol. The van der Waals surface area contributed by atoms with Gasteiger partial charge in [0.1, 0.15) is 6.04 Å². The number of piperazine rings is 1. The van der Waals surface area contributed by atoms with Gasteiger partial charge in [-0.15, -0.1) is 0 Å². The van der Waals surface area contributed by atoms with Crippen molar-refractivity contribution in [2.24, 2.45) is 11.7 Å². The maximum absolute atomic E-state index is 12.3. The molecule has 0 aromatic rings. The predicted molar refractivity (Wildman–Crippen MR) is 68.2 cm³/mol. The molecule has 1 aliphatic rings. The van der Waals surface area contributed by atoms with Crippen molar-refractivity contribution in [3.8, 4) is 0 Å². The number of nitrogens with two attached hydrogens (primary N) is 1. The maximum Gasteiger partial charge on any atom is 0.305 e. The third kappa shape index (κ3) is 3.92. The van der Waals surface area contributed by atoms with Gasteiger partial charge in [0.25, 0.3) is 0 Å². The zero-order chi connectivity index (χ0) is 14.4. The van der Waals surface area contributed by atoms with Gasteiger partial charge < -0.3 is 21.1 Å². The Morgan fingerprint density at radius 1 is 1.58 bits per heavy atom. The number of carboxylic acid groups (broad SMARTS) is 1. The highest BCUT2D eigenvalue weighted by atomic mass is 16.4. The molecule has 7 nitrogen and oxygen atoms in total. The van der Waals surface area contributed by atoms with E-state index in [-0.39, 0.29) is 24.8 Å². The van der Waals surface area contributed by atoms with E-state index < -0.39 is 17.9 Å². The van der Waals surface area contributed by atoms with Gasteiger partial charge in [0.15, 0.2) is 0 Å². The van der Waals surface area contributed by atoms with E-state index >= 15 is 0 Å². The topological polar surface area (TPSA) is 113 Å². The summed E-state index contributed by atoms with van der Waals surface area (Å²) in [6, 6.07) is -0.926. The minimum atomic E-state index is -1.10. The molecule has 108 valence electrons. The second-order valence-corrected chi connectivity index (χ2v) is 4.66. The predicted octanol–water partition coefficient (Wildman–Crippen LogP) is -0.837. The van der Waals surface area contributed by atoms with Crippen molar-refractivity contribution in [1.29, 1.82) is 0 Å². The van der Waals surface area contributed by atoms with Gasteiger partial charge in [0.05, 0.1) is 12.3 Å². The molecule has 0 spiro atoms. The van der Waals surface area contributed by atoms with E-state index in [9.17, 15) is 14.4 Å².